The highest BCUT2D eigenvalue weighted by atomic mass is 16.5. The fourth-order valence-electron chi connectivity index (χ4n) is 5.44. The van der Waals surface area contributed by atoms with Gasteiger partial charge in [-0.05, 0) is 61.8 Å². The van der Waals surface area contributed by atoms with Gasteiger partial charge in [0.1, 0.15) is 23.7 Å². The van der Waals surface area contributed by atoms with E-state index in [2.05, 4.69) is 18.7 Å². The van der Waals surface area contributed by atoms with Crippen LogP contribution in [0.4, 0.5) is 0 Å². The summed E-state index contributed by atoms with van der Waals surface area (Å²) < 4.78 is 7.96. The third kappa shape index (κ3) is 5.47. The van der Waals surface area contributed by atoms with Crippen LogP contribution in [0.25, 0.3) is 11.4 Å². The lowest BCUT2D eigenvalue weighted by molar-refractivity contribution is -0.140. The molecule has 8 heteroatoms. The minimum Gasteiger partial charge on any atom is -0.505 e. The Bertz CT molecular complexity index is 1600. The first-order valence-corrected chi connectivity index (χ1v) is 14.1. The average Bonchev–Trinajstić information content (AvgIpc) is 3.47. The van der Waals surface area contributed by atoms with Crippen molar-refractivity contribution in [1.29, 1.82) is 0 Å². The maximum Gasteiger partial charge on any atom is 0.295 e. The smallest absolute Gasteiger partial charge is 0.295 e. The third-order valence-electron chi connectivity index (χ3n) is 7.82. The zero-order valence-electron chi connectivity index (χ0n) is 24.0. The number of hydrogen-bond donors (Lipinski definition) is 1. The molecule has 2 aromatic heterocycles. The Hall–Kier alpha value is -4.43. The van der Waals surface area contributed by atoms with E-state index >= 15 is 0 Å². The van der Waals surface area contributed by atoms with Gasteiger partial charge in [-0.25, -0.2) is 4.98 Å². The first-order chi connectivity index (χ1) is 19.8. The molecule has 1 amide bonds. The van der Waals surface area contributed by atoms with Crippen LogP contribution in [-0.2, 0) is 16.2 Å². The van der Waals surface area contributed by atoms with E-state index in [-0.39, 0.29) is 11.3 Å². The molecule has 41 heavy (non-hydrogen) atoms. The number of imidazole rings is 1. The number of benzene rings is 2. The number of aryl methyl sites for hydroxylation is 2. The van der Waals surface area contributed by atoms with E-state index in [4.69, 9.17) is 9.72 Å². The number of ketones is 1. The summed E-state index contributed by atoms with van der Waals surface area (Å²) in [7, 11) is 0. The molecule has 3 heterocycles. The molecule has 0 aliphatic carbocycles. The second-order valence-electron chi connectivity index (χ2n) is 10.3. The van der Waals surface area contributed by atoms with Gasteiger partial charge in [-0.2, -0.15) is 0 Å². The predicted molar refractivity (Wildman–Crippen MR) is 159 cm³/mol. The van der Waals surface area contributed by atoms with Crippen molar-refractivity contribution < 1.29 is 19.4 Å². The van der Waals surface area contributed by atoms with E-state index in [0.29, 0.717) is 48.0 Å². The molecule has 0 spiro atoms. The molecular formula is C33H36N4O4. The molecule has 1 N–H and O–H groups in total. The number of nitrogens with zero attached hydrogens (tertiary/aromatic N) is 4. The normalized spacial score (nSPS) is 16.7. The number of amides is 1. The van der Waals surface area contributed by atoms with Crippen molar-refractivity contribution in [2.45, 2.75) is 40.3 Å². The number of aromatic nitrogens is 2. The van der Waals surface area contributed by atoms with Crippen molar-refractivity contribution in [3.05, 3.63) is 107 Å². The van der Waals surface area contributed by atoms with Gasteiger partial charge in [0.25, 0.3) is 11.7 Å². The largest absolute Gasteiger partial charge is 0.505 e. The van der Waals surface area contributed by atoms with E-state index in [1.807, 2.05) is 91.2 Å². The molecule has 1 unspecified atom stereocenters. The molecule has 1 aliphatic heterocycles. The van der Waals surface area contributed by atoms with Gasteiger partial charge in [0.15, 0.2) is 5.76 Å². The number of carbonyl (C=O) groups is 2. The number of likely N-dealkylation sites (N-methyl/N-ethyl adjacent to an activating group) is 1. The third-order valence-corrected chi connectivity index (χ3v) is 7.82. The van der Waals surface area contributed by atoms with Gasteiger partial charge in [-0.3, -0.25) is 9.59 Å². The van der Waals surface area contributed by atoms with Crippen LogP contribution in [0.3, 0.4) is 0 Å². The number of fused-ring (bicyclic) bond motifs is 1. The Morgan fingerprint density at radius 2 is 1.76 bits per heavy atom. The van der Waals surface area contributed by atoms with Crippen molar-refractivity contribution in [2.75, 3.05) is 26.2 Å². The van der Waals surface area contributed by atoms with Gasteiger partial charge in [0.05, 0.1) is 17.3 Å². The number of ether oxygens (including phenoxy) is 1. The summed E-state index contributed by atoms with van der Waals surface area (Å²) in [5.41, 5.74) is 4.37. The fraction of sp³-hybridized carbons (Fsp3) is 0.303. The molecule has 1 saturated heterocycles. The molecule has 2 aromatic carbocycles. The molecule has 1 fully saturated rings. The fourth-order valence-corrected chi connectivity index (χ4v) is 5.44. The number of pyridine rings is 1. The van der Waals surface area contributed by atoms with E-state index in [1.165, 1.54) is 0 Å². The van der Waals surface area contributed by atoms with Crippen molar-refractivity contribution in [2.24, 2.45) is 0 Å². The molecule has 212 valence electrons. The van der Waals surface area contributed by atoms with E-state index < -0.39 is 17.7 Å². The summed E-state index contributed by atoms with van der Waals surface area (Å²) in [5.74, 6) is -0.997. The number of Topliss-reactive ketones (excluding diaryl/α,β-unsaturated/α-hetero) is 1. The van der Waals surface area contributed by atoms with Crippen molar-refractivity contribution >= 4 is 23.1 Å². The summed E-state index contributed by atoms with van der Waals surface area (Å²) in [6, 6.07) is 20.3. The molecule has 1 aliphatic rings. The highest BCUT2D eigenvalue weighted by Crippen LogP contribution is 2.40. The molecule has 0 radical (unpaired) electrons. The number of likely N-dealkylation sites (tertiary alicyclic amines) is 1. The number of carbonyl (C=O) groups excluding carboxylic acids is 2. The van der Waals surface area contributed by atoms with Gasteiger partial charge in [-0.15, -0.1) is 0 Å². The van der Waals surface area contributed by atoms with Crippen LogP contribution >= 0.6 is 0 Å². The van der Waals surface area contributed by atoms with Gasteiger partial charge in [-0.1, -0.05) is 62.4 Å². The van der Waals surface area contributed by atoms with E-state index in [9.17, 15) is 14.7 Å². The standard InChI is InChI=1S/C33H36N4O4/c1-5-35(6-2)18-19-37-29(25-15-10-16-26(20-25)41-21-24-13-8-7-9-14-24)27(31(39)33(37)40)30(38)28-23(4)36-17-11-12-22(3)32(36)34-28/h7-17,20,29,38H,5-6,18-19,21H2,1-4H3/b30-27+. The topological polar surface area (TPSA) is 87.4 Å². The molecular weight excluding hydrogens is 516 g/mol. The van der Waals surface area contributed by atoms with Gasteiger partial charge in [0.2, 0.25) is 0 Å². The highest BCUT2D eigenvalue weighted by molar-refractivity contribution is 6.46. The second-order valence-corrected chi connectivity index (χ2v) is 10.3. The molecule has 0 saturated carbocycles. The predicted octanol–water partition coefficient (Wildman–Crippen LogP) is 5.29. The zero-order chi connectivity index (χ0) is 29.1. The SMILES string of the molecule is CCN(CC)CCN1C(=O)C(=O)/C(=C(/O)c2nc3c(C)cccn3c2C)C1c1cccc(OCc2ccccc2)c1. The van der Waals surface area contributed by atoms with E-state index in [0.717, 1.165) is 24.2 Å². The minimum absolute atomic E-state index is 0.0407. The lowest BCUT2D eigenvalue weighted by Crippen LogP contribution is -2.38. The molecule has 4 aromatic rings. The summed E-state index contributed by atoms with van der Waals surface area (Å²) in [4.78, 5) is 35.5. The summed E-state index contributed by atoms with van der Waals surface area (Å²) in [6.45, 7) is 10.9. The maximum atomic E-state index is 13.6. The van der Waals surface area contributed by atoms with Crippen LogP contribution in [0, 0.1) is 13.8 Å². The van der Waals surface area contributed by atoms with Crippen LogP contribution in [0.1, 0.15) is 48.0 Å². The minimum atomic E-state index is -0.781. The van der Waals surface area contributed by atoms with Gasteiger partial charge in [0, 0.05) is 19.3 Å². The monoisotopic (exact) mass is 552 g/mol. The van der Waals surface area contributed by atoms with Crippen molar-refractivity contribution in [3.63, 3.8) is 0 Å². The lowest BCUT2D eigenvalue weighted by atomic mass is 9.96. The van der Waals surface area contributed by atoms with Crippen molar-refractivity contribution in [1.82, 2.24) is 19.2 Å². The molecule has 0 bridgehead atoms. The Labute approximate surface area is 240 Å². The lowest BCUT2D eigenvalue weighted by Gasteiger charge is -2.28. The van der Waals surface area contributed by atoms with Crippen LogP contribution in [0.5, 0.6) is 5.75 Å². The Balaban J connectivity index is 1.59. The summed E-state index contributed by atoms with van der Waals surface area (Å²) >= 11 is 0. The molecule has 5 rings (SSSR count). The van der Waals surface area contributed by atoms with Crippen LogP contribution in [-0.4, -0.2) is 62.2 Å². The van der Waals surface area contributed by atoms with Gasteiger partial charge < -0.3 is 24.0 Å². The van der Waals surface area contributed by atoms with Crippen molar-refractivity contribution in [3.8, 4) is 5.75 Å². The van der Waals surface area contributed by atoms with Crippen LogP contribution in [0.2, 0.25) is 0 Å². The van der Waals surface area contributed by atoms with Crippen LogP contribution < -0.4 is 4.74 Å². The molecule has 1 atom stereocenters. The first-order valence-electron chi connectivity index (χ1n) is 14.1. The zero-order valence-corrected chi connectivity index (χ0v) is 24.0. The Morgan fingerprint density at radius 3 is 2.46 bits per heavy atom. The van der Waals surface area contributed by atoms with Gasteiger partial charge >= 0.3 is 0 Å². The quantitative estimate of drug-likeness (QED) is 0.163. The second kappa shape index (κ2) is 12.0. The Kier molecular flexibility index (Phi) is 8.21. The number of aliphatic hydroxyl groups excluding tert-OH is 1. The maximum absolute atomic E-state index is 13.6. The number of hydrogen-bond acceptors (Lipinski definition) is 6. The summed E-state index contributed by atoms with van der Waals surface area (Å²) in [5, 5.41) is 11.7. The van der Waals surface area contributed by atoms with Crippen LogP contribution in [0.15, 0.2) is 78.5 Å². The van der Waals surface area contributed by atoms with E-state index in [1.54, 1.807) is 4.90 Å². The average molecular weight is 553 g/mol. The number of rotatable bonds is 10. The number of aliphatic hydroxyl groups is 1. The first kappa shape index (κ1) is 28.1. The Morgan fingerprint density at radius 1 is 1.00 bits per heavy atom. The summed E-state index contributed by atoms with van der Waals surface area (Å²) in [6.07, 6.45) is 1.87. The molecule has 8 nitrogen and oxygen atoms in total. The highest BCUT2D eigenvalue weighted by Gasteiger charge is 2.46.